The zero-order valence-corrected chi connectivity index (χ0v) is 14.1. The molecular formula is C14H19N5O2S. The number of rotatable bonds is 5. The summed E-state index contributed by atoms with van der Waals surface area (Å²) in [5.41, 5.74) is 1.79. The molecule has 22 heavy (non-hydrogen) atoms. The van der Waals surface area contributed by atoms with Crippen LogP contribution < -0.4 is 0 Å². The molecule has 0 saturated carbocycles. The van der Waals surface area contributed by atoms with E-state index in [1.807, 2.05) is 26.8 Å². The van der Waals surface area contributed by atoms with E-state index in [0.29, 0.717) is 16.9 Å². The van der Waals surface area contributed by atoms with Crippen molar-refractivity contribution in [3.63, 3.8) is 0 Å². The van der Waals surface area contributed by atoms with E-state index < -0.39 is 0 Å². The van der Waals surface area contributed by atoms with Crippen molar-refractivity contribution in [2.45, 2.75) is 44.6 Å². The Balaban J connectivity index is 1.98. The maximum Gasteiger partial charge on any atom is 0.236 e. The summed E-state index contributed by atoms with van der Waals surface area (Å²) in [4.78, 5) is 22.6. The fourth-order valence-corrected chi connectivity index (χ4v) is 2.94. The minimum absolute atomic E-state index is 0.0383. The fourth-order valence-electron chi connectivity index (χ4n) is 1.95. The van der Waals surface area contributed by atoms with Crippen molar-refractivity contribution >= 4 is 17.7 Å². The van der Waals surface area contributed by atoms with Gasteiger partial charge in [0.2, 0.25) is 17.7 Å². The predicted octanol–water partition coefficient (Wildman–Crippen LogP) is 1.92. The van der Waals surface area contributed by atoms with Gasteiger partial charge in [-0.3, -0.25) is 4.79 Å². The van der Waals surface area contributed by atoms with Gasteiger partial charge in [0.15, 0.2) is 5.16 Å². The third kappa shape index (κ3) is 4.27. The Kier molecular flexibility index (Phi) is 5.12. The smallest absolute Gasteiger partial charge is 0.236 e. The van der Waals surface area contributed by atoms with Crippen molar-refractivity contribution in [2.24, 2.45) is 0 Å². The SMILES string of the molecule is Cc1cc(C)nc(S[C@H](C)C(=O)N(C)Cc2nnc(C)o2)n1. The number of nitrogens with zero attached hydrogens (tertiary/aromatic N) is 5. The molecule has 2 aromatic heterocycles. The van der Waals surface area contributed by atoms with Crippen LogP contribution in [0.5, 0.6) is 0 Å². The van der Waals surface area contributed by atoms with Gasteiger partial charge in [-0.05, 0) is 26.8 Å². The summed E-state index contributed by atoms with van der Waals surface area (Å²) >= 11 is 1.34. The highest BCUT2D eigenvalue weighted by molar-refractivity contribution is 8.00. The van der Waals surface area contributed by atoms with Gasteiger partial charge in [0.05, 0.1) is 11.8 Å². The van der Waals surface area contributed by atoms with Crippen LogP contribution in [0, 0.1) is 20.8 Å². The molecule has 0 aliphatic carbocycles. The van der Waals surface area contributed by atoms with Crippen molar-refractivity contribution < 1.29 is 9.21 Å². The second-order valence-corrected chi connectivity index (χ2v) is 6.41. The van der Waals surface area contributed by atoms with E-state index in [2.05, 4.69) is 20.2 Å². The Bertz CT molecular complexity index is 653. The molecule has 7 nitrogen and oxygen atoms in total. The van der Waals surface area contributed by atoms with Crippen molar-refractivity contribution in [3.8, 4) is 0 Å². The Hall–Kier alpha value is -1.96. The summed E-state index contributed by atoms with van der Waals surface area (Å²) < 4.78 is 5.29. The molecule has 0 spiro atoms. The Morgan fingerprint density at radius 2 is 1.91 bits per heavy atom. The minimum Gasteiger partial charge on any atom is -0.424 e. The molecule has 0 radical (unpaired) electrons. The first-order valence-electron chi connectivity index (χ1n) is 6.88. The largest absolute Gasteiger partial charge is 0.424 e. The molecule has 1 amide bonds. The molecule has 118 valence electrons. The summed E-state index contributed by atoms with van der Waals surface area (Å²) in [5, 5.41) is 7.96. The monoisotopic (exact) mass is 321 g/mol. The van der Waals surface area contributed by atoms with E-state index in [-0.39, 0.29) is 17.7 Å². The standard InChI is InChI=1S/C14H19N5O2S/c1-8-6-9(2)16-14(15-8)22-10(3)13(20)19(5)7-12-18-17-11(4)21-12/h6,10H,7H2,1-5H3/t10-/m1/s1. The lowest BCUT2D eigenvalue weighted by Gasteiger charge is -2.19. The van der Waals surface area contributed by atoms with Gasteiger partial charge >= 0.3 is 0 Å². The average Bonchev–Trinajstić information content (AvgIpc) is 2.81. The van der Waals surface area contributed by atoms with Gasteiger partial charge in [-0.1, -0.05) is 11.8 Å². The maximum absolute atomic E-state index is 12.4. The van der Waals surface area contributed by atoms with E-state index in [0.717, 1.165) is 11.4 Å². The summed E-state index contributed by atoms with van der Waals surface area (Å²) in [7, 11) is 1.71. The molecule has 0 bridgehead atoms. The van der Waals surface area contributed by atoms with E-state index in [9.17, 15) is 4.79 Å². The topological polar surface area (TPSA) is 85.0 Å². The van der Waals surface area contributed by atoms with Crippen LogP contribution in [0.4, 0.5) is 0 Å². The highest BCUT2D eigenvalue weighted by Crippen LogP contribution is 2.21. The number of carbonyl (C=O) groups is 1. The van der Waals surface area contributed by atoms with E-state index in [1.165, 1.54) is 11.8 Å². The zero-order chi connectivity index (χ0) is 16.3. The van der Waals surface area contributed by atoms with Crippen molar-refractivity contribution in [1.29, 1.82) is 0 Å². The van der Waals surface area contributed by atoms with Gasteiger partial charge in [0.1, 0.15) is 0 Å². The van der Waals surface area contributed by atoms with Crippen LogP contribution in [0.3, 0.4) is 0 Å². The predicted molar refractivity (Wildman–Crippen MR) is 82.3 cm³/mol. The number of amides is 1. The van der Waals surface area contributed by atoms with Gasteiger partial charge < -0.3 is 9.32 Å². The average molecular weight is 321 g/mol. The molecule has 0 aliphatic rings. The first kappa shape index (κ1) is 16.4. The molecule has 0 saturated heterocycles. The van der Waals surface area contributed by atoms with Crippen LogP contribution in [-0.2, 0) is 11.3 Å². The molecular weight excluding hydrogens is 302 g/mol. The van der Waals surface area contributed by atoms with E-state index >= 15 is 0 Å². The molecule has 2 rings (SSSR count). The zero-order valence-electron chi connectivity index (χ0n) is 13.3. The lowest BCUT2D eigenvalue weighted by molar-refractivity contribution is -0.129. The molecule has 2 heterocycles. The fraction of sp³-hybridized carbons (Fsp3) is 0.500. The first-order valence-corrected chi connectivity index (χ1v) is 7.76. The van der Waals surface area contributed by atoms with Gasteiger partial charge in [-0.15, -0.1) is 10.2 Å². The summed E-state index contributed by atoms with van der Waals surface area (Å²) in [5.74, 6) is 0.874. The van der Waals surface area contributed by atoms with Crippen LogP contribution in [-0.4, -0.2) is 43.3 Å². The highest BCUT2D eigenvalue weighted by Gasteiger charge is 2.21. The number of thioether (sulfide) groups is 1. The van der Waals surface area contributed by atoms with Crippen molar-refractivity contribution in [2.75, 3.05) is 7.05 Å². The maximum atomic E-state index is 12.4. The molecule has 8 heteroatoms. The summed E-state index contributed by atoms with van der Waals surface area (Å²) in [6, 6.07) is 1.90. The Labute approximate surface area is 133 Å². The third-order valence-electron chi connectivity index (χ3n) is 2.91. The minimum atomic E-state index is -0.296. The first-order chi connectivity index (χ1) is 10.3. The molecule has 1 atom stereocenters. The van der Waals surface area contributed by atoms with Gasteiger partial charge in [-0.2, -0.15) is 0 Å². The van der Waals surface area contributed by atoms with Crippen molar-refractivity contribution in [1.82, 2.24) is 25.1 Å². The molecule has 0 unspecified atom stereocenters. The van der Waals surface area contributed by atoms with E-state index in [1.54, 1.807) is 18.9 Å². The van der Waals surface area contributed by atoms with Crippen LogP contribution in [0.25, 0.3) is 0 Å². The lowest BCUT2D eigenvalue weighted by atomic mass is 10.4. The lowest BCUT2D eigenvalue weighted by Crippen LogP contribution is -2.33. The van der Waals surface area contributed by atoms with Crippen LogP contribution in [0.15, 0.2) is 15.6 Å². The number of hydrogen-bond acceptors (Lipinski definition) is 7. The number of aryl methyl sites for hydroxylation is 3. The molecule has 2 aromatic rings. The molecule has 0 aliphatic heterocycles. The second kappa shape index (κ2) is 6.87. The summed E-state index contributed by atoms with van der Waals surface area (Å²) in [6.45, 7) is 7.67. The normalized spacial score (nSPS) is 12.2. The van der Waals surface area contributed by atoms with Gasteiger partial charge in [0.25, 0.3) is 0 Å². The quantitative estimate of drug-likeness (QED) is 0.614. The molecule has 0 N–H and O–H groups in total. The van der Waals surface area contributed by atoms with Crippen LogP contribution in [0.2, 0.25) is 0 Å². The van der Waals surface area contributed by atoms with Crippen molar-refractivity contribution in [3.05, 3.63) is 29.2 Å². The third-order valence-corrected chi connectivity index (χ3v) is 3.86. The molecule has 0 aromatic carbocycles. The molecule has 0 fully saturated rings. The number of aromatic nitrogens is 4. The van der Waals surface area contributed by atoms with Crippen LogP contribution >= 0.6 is 11.8 Å². The Morgan fingerprint density at radius 1 is 1.27 bits per heavy atom. The van der Waals surface area contributed by atoms with Gasteiger partial charge in [-0.25, -0.2) is 9.97 Å². The van der Waals surface area contributed by atoms with E-state index in [4.69, 9.17) is 4.42 Å². The van der Waals surface area contributed by atoms with Crippen LogP contribution in [0.1, 0.15) is 30.1 Å². The Morgan fingerprint density at radius 3 is 2.45 bits per heavy atom. The number of hydrogen-bond donors (Lipinski definition) is 0. The summed E-state index contributed by atoms with van der Waals surface area (Å²) in [6.07, 6.45) is 0. The highest BCUT2D eigenvalue weighted by atomic mass is 32.2. The van der Waals surface area contributed by atoms with Gasteiger partial charge in [0, 0.05) is 25.4 Å². The number of carbonyl (C=O) groups excluding carboxylic acids is 1. The second-order valence-electron chi connectivity index (χ2n) is 5.10.